The summed E-state index contributed by atoms with van der Waals surface area (Å²) in [5, 5.41) is 3.76. The number of ether oxygens (including phenoxy) is 1. The summed E-state index contributed by atoms with van der Waals surface area (Å²) < 4.78 is 11.8. The van der Waals surface area contributed by atoms with Gasteiger partial charge in [-0.2, -0.15) is 0 Å². The van der Waals surface area contributed by atoms with Gasteiger partial charge in [0.25, 0.3) is 5.91 Å². The number of amides is 2. The molecule has 0 bridgehead atoms. The van der Waals surface area contributed by atoms with E-state index in [9.17, 15) is 9.59 Å². The molecule has 162 valence electrons. The van der Waals surface area contributed by atoms with Gasteiger partial charge in [0.1, 0.15) is 24.0 Å². The van der Waals surface area contributed by atoms with Gasteiger partial charge in [0.15, 0.2) is 5.76 Å². The van der Waals surface area contributed by atoms with Gasteiger partial charge in [0.2, 0.25) is 5.91 Å². The molecule has 0 aliphatic carbocycles. The fourth-order valence-electron chi connectivity index (χ4n) is 3.95. The second-order valence-corrected chi connectivity index (χ2v) is 8.24. The van der Waals surface area contributed by atoms with Gasteiger partial charge in [-0.25, -0.2) is 0 Å². The molecule has 0 spiro atoms. The van der Waals surface area contributed by atoms with Crippen molar-refractivity contribution in [2.75, 3.05) is 13.1 Å². The van der Waals surface area contributed by atoms with Crippen molar-refractivity contribution in [1.29, 1.82) is 0 Å². The summed E-state index contributed by atoms with van der Waals surface area (Å²) in [5.41, 5.74) is 1.29. The summed E-state index contributed by atoms with van der Waals surface area (Å²) in [5.74, 6) is 0.444. The number of furan rings is 1. The summed E-state index contributed by atoms with van der Waals surface area (Å²) >= 11 is 0. The van der Waals surface area contributed by atoms with Crippen LogP contribution in [0.2, 0.25) is 0 Å². The Kier molecular flexibility index (Phi) is 6.26. The Labute approximate surface area is 182 Å². The van der Waals surface area contributed by atoms with Gasteiger partial charge < -0.3 is 19.4 Å². The molecule has 0 radical (unpaired) electrons. The lowest BCUT2D eigenvalue weighted by atomic mass is 10.0. The third kappa shape index (κ3) is 4.58. The van der Waals surface area contributed by atoms with Gasteiger partial charge in [-0.15, -0.1) is 0 Å². The number of carbonyl (C=O) groups is 2. The molecule has 2 amide bonds. The summed E-state index contributed by atoms with van der Waals surface area (Å²) in [6.45, 7) is 5.57. The molecule has 1 atom stereocenters. The second kappa shape index (κ2) is 9.25. The molecule has 0 saturated carbocycles. The SMILES string of the molecule is CC(C)[C@H](NC(=O)c1oc2ccccc2c1COc1ccccc1)C(=O)N1CCCC1. The number of rotatable bonds is 7. The minimum atomic E-state index is -0.596. The molecule has 1 aliphatic rings. The van der Waals surface area contributed by atoms with E-state index in [1.54, 1.807) is 0 Å². The summed E-state index contributed by atoms with van der Waals surface area (Å²) in [6.07, 6.45) is 2.02. The van der Waals surface area contributed by atoms with Gasteiger partial charge in [0.05, 0.1) is 0 Å². The molecule has 3 aromatic rings. The average molecular weight is 421 g/mol. The zero-order valence-corrected chi connectivity index (χ0v) is 18.0. The first-order valence-corrected chi connectivity index (χ1v) is 10.8. The minimum Gasteiger partial charge on any atom is -0.489 e. The minimum absolute atomic E-state index is 0.0287. The van der Waals surface area contributed by atoms with E-state index >= 15 is 0 Å². The lowest BCUT2D eigenvalue weighted by Crippen LogP contribution is -2.50. The first-order valence-electron chi connectivity index (χ1n) is 10.8. The van der Waals surface area contributed by atoms with Crippen LogP contribution in [0.5, 0.6) is 5.75 Å². The lowest BCUT2D eigenvalue weighted by molar-refractivity contribution is -0.133. The Morgan fingerprint density at radius 2 is 1.71 bits per heavy atom. The second-order valence-electron chi connectivity index (χ2n) is 8.24. The highest BCUT2D eigenvalue weighted by molar-refractivity contribution is 6.01. The average Bonchev–Trinajstić information content (AvgIpc) is 3.44. The Morgan fingerprint density at radius 3 is 2.42 bits per heavy atom. The third-order valence-corrected chi connectivity index (χ3v) is 5.67. The number of fused-ring (bicyclic) bond motifs is 1. The first kappa shape index (κ1) is 21.0. The van der Waals surface area contributed by atoms with Crippen LogP contribution in [-0.2, 0) is 11.4 Å². The van der Waals surface area contributed by atoms with Crippen LogP contribution in [0.1, 0.15) is 42.8 Å². The first-order chi connectivity index (χ1) is 15.0. The topological polar surface area (TPSA) is 71.8 Å². The molecular weight excluding hydrogens is 392 g/mol. The van der Waals surface area contributed by atoms with Crippen molar-refractivity contribution in [3.8, 4) is 5.75 Å². The van der Waals surface area contributed by atoms with Gasteiger partial charge in [-0.05, 0) is 37.0 Å². The van der Waals surface area contributed by atoms with Gasteiger partial charge >= 0.3 is 0 Å². The number of nitrogens with zero attached hydrogens (tertiary/aromatic N) is 1. The van der Waals surface area contributed by atoms with E-state index in [0.29, 0.717) is 16.9 Å². The largest absolute Gasteiger partial charge is 0.489 e. The molecule has 6 nitrogen and oxygen atoms in total. The van der Waals surface area contributed by atoms with Gasteiger partial charge in [0, 0.05) is 24.0 Å². The summed E-state index contributed by atoms with van der Waals surface area (Å²) in [7, 11) is 0. The molecule has 4 rings (SSSR count). The van der Waals surface area contributed by atoms with Crippen LogP contribution in [0, 0.1) is 5.92 Å². The Balaban J connectivity index is 1.59. The van der Waals surface area contributed by atoms with Crippen LogP contribution in [0.3, 0.4) is 0 Å². The molecule has 2 aromatic carbocycles. The molecule has 1 N–H and O–H groups in total. The van der Waals surface area contributed by atoms with Gasteiger partial charge in [-0.1, -0.05) is 50.2 Å². The van der Waals surface area contributed by atoms with E-state index in [-0.39, 0.29) is 24.2 Å². The lowest BCUT2D eigenvalue weighted by Gasteiger charge is -2.26. The Hall–Kier alpha value is -3.28. The number of likely N-dealkylation sites (tertiary alicyclic amines) is 1. The number of benzene rings is 2. The van der Waals surface area contributed by atoms with Crippen LogP contribution in [0.25, 0.3) is 11.0 Å². The maximum atomic E-state index is 13.2. The highest BCUT2D eigenvalue weighted by atomic mass is 16.5. The van der Waals surface area contributed by atoms with E-state index in [1.165, 1.54) is 0 Å². The monoisotopic (exact) mass is 420 g/mol. The van der Waals surface area contributed by atoms with E-state index in [0.717, 1.165) is 31.3 Å². The van der Waals surface area contributed by atoms with Crippen molar-refractivity contribution >= 4 is 22.8 Å². The molecule has 0 unspecified atom stereocenters. The maximum Gasteiger partial charge on any atom is 0.288 e. The summed E-state index contributed by atoms with van der Waals surface area (Å²) in [6, 6.07) is 16.4. The van der Waals surface area contributed by atoms with Crippen LogP contribution in [-0.4, -0.2) is 35.8 Å². The van der Waals surface area contributed by atoms with Gasteiger partial charge in [-0.3, -0.25) is 9.59 Å². The number of para-hydroxylation sites is 2. The van der Waals surface area contributed by atoms with Crippen LogP contribution in [0.15, 0.2) is 59.0 Å². The molecule has 1 aromatic heterocycles. The zero-order chi connectivity index (χ0) is 21.8. The molecule has 6 heteroatoms. The normalized spacial score (nSPS) is 14.7. The van der Waals surface area contributed by atoms with E-state index in [2.05, 4.69) is 5.32 Å². The fraction of sp³-hybridized carbons (Fsp3) is 0.360. The predicted octanol–water partition coefficient (Wildman–Crippen LogP) is 4.39. The highest BCUT2D eigenvalue weighted by Crippen LogP contribution is 2.28. The van der Waals surface area contributed by atoms with Crippen molar-refractivity contribution < 1.29 is 18.7 Å². The number of carbonyl (C=O) groups excluding carboxylic acids is 2. The van der Waals surface area contributed by atoms with Crippen molar-refractivity contribution in [3.63, 3.8) is 0 Å². The maximum absolute atomic E-state index is 13.2. The van der Waals surface area contributed by atoms with Crippen molar-refractivity contribution in [2.24, 2.45) is 5.92 Å². The standard InChI is InChI=1S/C25H28N2O4/c1-17(2)22(25(29)27-14-8-9-15-27)26-24(28)23-20(16-30-18-10-4-3-5-11-18)19-12-6-7-13-21(19)31-23/h3-7,10-13,17,22H,8-9,14-16H2,1-2H3,(H,26,28)/t22-/m0/s1. The molecule has 31 heavy (non-hydrogen) atoms. The Morgan fingerprint density at radius 1 is 1.03 bits per heavy atom. The molecule has 2 heterocycles. The van der Waals surface area contributed by atoms with Crippen molar-refractivity contribution in [3.05, 3.63) is 65.9 Å². The smallest absolute Gasteiger partial charge is 0.288 e. The highest BCUT2D eigenvalue weighted by Gasteiger charge is 2.32. The molecule has 1 aliphatic heterocycles. The van der Waals surface area contributed by atoms with Crippen LogP contribution < -0.4 is 10.1 Å². The summed E-state index contributed by atoms with van der Waals surface area (Å²) in [4.78, 5) is 28.1. The van der Waals surface area contributed by atoms with Crippen molar-refractivity contribution in [1.82, 2.24) is 10.2 Å². The number of nitrogens with one attached hydrogen (secondary N) is 1. The van der Waals surface area contributed by atoms with E-state index in [1.807, 2.05) is 73.3 Å². The number of hydrogen-bond acceptors (Lipinski definition) is 4. The number of hydrogen-bond donors (Lipinski definition) is 1. The molecular formula is C25H28N2O4. The zero-order valence-electron chi connectivity index (χ0n) is 18.0. The molecule has 1 fully saturated rings. The molecule has 1 saturated heterocycles. The van der Waals surface area contributed by atoms with Crippen LogP contribution in [0.4, 0.5) is 0 Å². The quantitative estimate of drug-likeness (QED) is 0.615. The van der Waals surface area contributed by atoms with E-state index < -0.39 is 11.9 Å². The Bertz CT molecular complexity index is 1050. The fourth-order valence-corrected chi connectivity index (χ4v) is 3.95. The predicted molar refractivity (Wildman–Crippen MR) is 119 cm³/mol. The van der Waals surface area contributed by atoms with Crippen molar-refractivity contribution in [2.45, 2.75) is 39.3 Å². The van der Waals surface area contributed by atoms with Crippen LogP contribution >= 0.6 is 0 Å². The third-order valence-electron chi connectivity index (χ3n) is 5.67. The van der Waals surface area contributed by atoms with E-state index in [4.69, 9.17) is 9.15 Å².